The molecule has 6 nitrogen and oxygen atoms in total. The van der Waals surface area contributed by atoms with Crippen LogP contribution < -0.4 is 10.1 Å². The topological polar surface area (TPSA) is 63.2 Å². The molecule has 0 saturated heterocycles. The summed E-state index contributed by atoms with van der Waals surface area (Å²) in [5.74, 6) is 2.39. The van der Waals surface area contributed by atoms with Gasteiger partial charge in [0, 0.05) is 16.7 Å². The van der Waals surface area contributed by atoms with Crippen molar-refractivity contribution in [1.82, 2.24) is 19.9 Å². The molecule has 0 atom stereocenters. The fraction of sp³-hybridized carbons (Fsp3) is 0.190. The molecule has 0 radical (unpaired) electrons. The van der Waals surface area contributed by atoms with Gasteiger partial charge < -0.3 is 10.1 Å². The number of hydrogen-bond donors (Lipinski definition) is 1. The first-order valence-electron chi connectivity index (χ1n) is 9.26. The van der Waals surface area contributed by atoms with Crippen molar-refractivity contribution in [3.05, 3.63) is 58.5 Å². The van der Waals surface area contributed by atoms with Gasteiger partial charge in [0.15, 0.2) is 0 Å². The van der Waals surface area contributed by atoms with E-state index in [1.165, 1.54) is 0 Å². The minimum Gasteiger partial charge on any atom is -0.460 e. The van der Waals surface area contributed by atoms with Crippen LogP contribution in [0.4, 0.5) is 11.5 Å². The predicted octanol–water partition coefficient (Wildman–Crippen LogP) is 5.34. The maximum Gasteiger partial charge on any atom is 0.145 e. The second kappa shape index (κ2) is 7.70. The van der Waals surface area contributed by atoms with Crippen molar-refractivity contribution in [1.29, 1.82) is 0 Å². The van der Waals surface area contributed by atoms with E-state index in [4.69, 9.17) is 4.74 Å². The summed E-state index contributed by atoms with van der Waals surface area (Å²) in [6.07, 6.45) is 4.70. The highest BCUT2D eigenvalue weighted by atomic mass is 79.9. The Morgan fingerprint density at radius 1 is 1.14 bits per heavy atom. The van der Waals surface area contributed by atoms with Gasteiger partial charge in [-0.05, 0) is 49.9 Å². The van der Waals surface area contributed by atoms with Crippen LogP contribution in [0.3, 0.4) is 0 Å². The Kier molecular flexibility index (Phi) is 4.91. The molecule has 0 saturated carbocycles. The third-order valence-corrected chi connectivity index (χ3v) is 6.06. The zero-order valence-corrected chi connectivity index (χ0v) is 18.1. The molecule has 0 spiro atoms. The number of aromatic nitrogens is 3. The van der Waals surface area contributed by atoms with Crippen molar-refractivity contribution in [3.63, 3.8) is 0 Å². The highest BCUT2D eigenvalue weighted by Crippen LogP contribution is 2.36. The van der Waals surface area contributed by atoms with E-state index in [2.05, 4.69) is 60.3 Å². The monoisotopic (exact) mass is 467 g/mol. The number of thiazole rings is 1. The maximum atomic E-state index is 6.32. The number of hydrogen-bond acceptors (Lipinski definition) is 7. The summed E-state index contributed by atoms with van der Waals surface area (Å²) in [4.78, 5) is 15.6. The molecule has 0 bridgehead atoms. The molecular weight excluding hydrogens is 450 g/mol. The van der Waals surface area contributed by atoms with Gasteiger partial charge >= 0.3 is 0 Å². The average Bonchev–Trinajstić information content (AvgIpc) is 3.15. The molecule has 4 aromatic rings. The Labute approximate surface area is 180 Å². The third-order valence-electron chi connectivity index (χ3n) is 4.81. The number of halogens is 1. The van der Waals surface area contributed by atoms with Crippen molar-refractivity contribution in [2.75, 3.05) is 25.5 Å². The average molecular weight is 468 g/mol. The molecule has 29 heavy (non-hydrogen) atoms. The maximum absolute atomic E-state index is 6.32. The van der Waals surface area contributed by atoms with Crippen molar-refractivity contribution in [3.8, 4) is 5.75 Å². The van der Waals surface area contributed by atoms with Crippen LogP contribution in [0, 0.1) is 0 Å². The number of anilines is 2. The molecule has 8 heteroatoms. The van der Waals surface area contributed by atoms with Crippen molar-refractivity contribution in [2.24, 2.45) is 0 Å². The van der Waals surface area contributed by atoms with Gasteiger partial charge in [-0.1, -0.05) is 15.9 Å². The minimum atomic E-state index is 0.714. The summed E-state index contributed by atoms with van der Waals surface area (Å²) in [7, 11) is 2.10. The van der Waals surface area contributed by atoms with E-state index in [-0.39, 0.29) is 0 Å². The number of rotatable bonds is 4. The lowest BCUT2D eigenvalue weighted by Crippen LogP contribution is -2.27. The number of likely N-dealkylation sites (N-methyl/N-ethyl adjacent to an activating group) is 1. The number of ether oxygens (including phenoxy) is 1. The molecule has 0 aliphatic carbocycles. The Hall–Kier alpha value is -2.55. The fourth-order valence-electron chi connectivity index (χ4n) is 3.44. The van der Waals surface area contributed by atoms with Crippen LogP contribution in [0.1, 0.15) is 6.42 Å². The lowest BCUT2D eigenvalue weighted by atomic mass is 10.2. The number of fused-ring (bicyclic) bond motifs is 2. The molecule has 0 fully saturated rings. The van der Waals surface area contributed by atoms with Crippen LogP contribution in [0.25, 0.3) is 21.1 Å². The third kappa shape index (κ3) is 3.83. The van der Waals surface area contributed by atoms with Crippen LogP contribution in [-0.4, -0.2) is 40.0 Å². The Balaban J connectivity index is 1.57. The molecule has 0 unspecified atom stereocenters. The van der Waals surface area contributed by atoms with Crippen LogP contribution in [-0.2, 0) is 0 Å². The summed E-state index contributed by atoms with van der Waals surface area (Å²) >= 11 is 5.20. The molecule has 1 N–H and O–H groups in total. The van der Waals surface area contributed by atoms with Gasteiger partial charge in [0.1, 0.15) is 23.7 Å². The van der Waals surface area contributed by atoms with Crippen LogP contribution in [0.15, 0.2) is 58.5 Å². The van der Waals surface area contributed by atoms with Gasteiger partial charge in [-0.25, -0.2) is 15.0 Å². The van der Waals surface area contributed by atoms with Gasteiger partial charge in [0.2, 0.25) is 0 Å². The van der Waals surface area contributed by atoms with Gasteiger partial charge in [-0.15, -0.1) is 11.3 Å². The first-order valence-corrected chi connectivity index (χ1v) is 10.9. The zero-order valence-electron chi connectivity index (χ0n) is 15.7. The highest BCUT2D eigenvalue weighted by molar-refractivity contribution is 9.10. The number of nitrogens with one attached hydrogen (secondary N) is 1. The van der Waals surface area contributed by atoms with E-state index >= 15 is 0 Å². The zero-order chi connectivity index (χ0) is 19.8. The Morgan fingerprint density at radius 2 is 2.07 bits per heavy atom. The molecule has 3 heterocycles. The minimum absolute atomic E-state index is 0.714. The molecule has 2 aromatic heterocycles. The van der Waals surface area contributed by atoms with E-state index < -0.39 is 0 Å². The normalized spacial score (nSPS) is 14.9. The second-order valence-corrected chi connectivity index (χ2v) is 8.78. The van der Waals surface area contributed by atoms with E-state index in [1.807, 2.05) is 29.8 Å². The number of nitrogens with zero attached hydrogens (tertiary/aromatic N) is 4. The van der Waals surface area contributed by atoms with Crippen molar-refractivity contribution in [2.45, 2.75) is 6.42 Å². The van der Waals surface area contributed by atoms with Crippen LogP contribution in [0.2, 0.25) is 0 Å². The van der Waals surface area contributed by atoms with Gasteiger partial charge in [-0.3, -0.25) is 4.90 Å². The van der Waals surface area contributed by atoms with Crippen LogP contribution >= 0.6 is 27.3 Å². The molecule has 1 aliphatic heterocycles. The molecule has 2 aromatic carbocycles. The first-order chi connectivity index (χ1) is 14.2. The highest BCUT2D eigenvalue weighted by Gasteiger charge is 2.16. The molecular formula is C21H18BrN5OS. The lowest BCUT2D eigenvalue weighted by Gasteiger charge is -2.23. The second-order valence-electron chi connectivity index (χ2n) is 6.98. The summed E-state index contributed by atoms with van der Waals surface area (Å²) in [6.45, 7) is 1.83. The van der Waals surface area contributed by atoms with Gasteiger partial charge in [0.25, 0.3) is 0 Å². The predicted molar refractivity (Wildman–Crippen MR) is 121 cm³/mol. The van der Waals surface area contributed by atoms with E-state index in [1.54, 1.807) is 17.7 Å². The Morgan fingerprint density at radius 3 is 2.97 bits per heavy atom. The summed E-state index contributed by atoms with van der Waals surface area (Å²) in [5.41, 5.74) is 4.62. The molecule has 0 amide bonds. The van der Waals surface area contributed by atoms with E-state index in [0.29, 0.717) is 5.82 Å². The van der Waals surface area contributed by atoms with Gasteiger partial charge in [-0.2, -0.15) is 0 Å². The van der Waals surface area contributed by atoms with Crippen molar-refractivity contribution >= 4 is 59.9 Å². The lowest BCUT2D eigenvalue weighted by molar-refractivity contribution is 0.283. The summed E-state index contributed by atoms with van der Waals surface area (Å²) in [6, 6.07) is 10.0. The molecule has 5 rings (SSSR count). The van der Waals surface area contributed by atoms with Crippen molar-refractivity contribution < 1.29 is 4.74 Å². The standard InChI is InChI=1S/C21H18BrN5OS/c1-27-6-2-3-15(10-27)28-18-8-13(22)7-17-20(18)21(24-11-23-17)26-14-4-5-16-19(9-14)29-12-25-16/h3-5,7-9,11-12H,2,6,10H2,1H3,(H,23,24,26). The fourth-order valence-corrected chi connectivity index (χ4v) is 4.58. The summed E-state index contributed by atoms with van der Waals surface area (Å²) in [5, 5.41) is 4.29. The quantitative estimate of drug-likeness (QED) is 0.436. The molecule has 1 aliphatic rings. The van der Waals surface area contributed by atoms with E-state index in [0.717, 1.165) is 62.3 Å². The Bertz CT molecular complexity index is 1240. The van der Waals surface area contributed by atoms with Gasteiger partial charge in [0.05, 0.1) is 33.2 Å². The van der Waals surface area contributed by atoms with Crippen LogP contribution in [0.5, 0.6) is 5.75 Å². The van der Waals surface area contributed by atoms with E-state index in [9.17, 15) is 0 Å². The summed E-state index contributed by atoms with van der Waals surface area (Å²) < 4.78 is 8.36. The number of benzene rings is 2. The SMILES string of the molecule is CN1CCC=C(Oc2cc(Br)cc3ncnc(Nc4ccc5ncsc5c4)c23)C1. The smallest absolute Gasteiger partial charge is 0.145 e. The molecule has 146 valence electrons. The first kappa shape index (κ1) is 18.5. The largest absolute Gasteiger partial charge is 0.460 e.